The lowest BCUT2D eigenvalue weighted by Gasteiger charge is -2.37. The van der Waals surface area contributed by atoms with Crippen LogP contribution in [0.2, 0.25) is 0 Å². The number of oxime groups is 1. The van der Waals surface area contributed by atoms with Crippen LogP contribution in [-0.4, -0.2) is 41.2 Å². The van der Waals surface area contributed by atoms with E-state index in [2.05, 4.69) is 34.9 Å². The van der Waals surface area contributed by atoms with Crippen molar-refractivity contribution in [2.24, 2.45) is 5.16 Å². The number of carbonyl (C=O) groups is 1. The molecule has 1 aromatic carbocycles. The maximum absolute atomic E-state index is 12.5. The van der Waals surface area contributed by atoms with Crippen LogP contribution in [0.5, 0.6) is 0 Å². The van der Waals surface area contributed by atoms with Crippen molar-refractivity contribution >= 4 is 23.0 Å². The third-order valence-electron chi connectivity index (χ3n) is 6.02. The largest absolute Gasteiger partial charge is 0.381 e. The molecule has 2 aliphatic rings. The summed E-state index contributed by atoms with van der Waals surface area (Å²) in [5.41, 5.74) is 3.32. The van der Waals surface area contributed by atoms with Crippen LogP contribution in [0.4, 0.5) is 5.82 Å². The smallest absolute Gasteiger partial charge is 0.230 e. The number of carbonyl (C=O) groups excluding carboxylic acids is 1. The van der Waals surface area contributed by atoms with Gasteiger partial charge in [0.25, 0.3) is 0 Å². The molecule has 0 saturated carbocycles. The molecule has 0 radical (unpaired) electrons. The first kappa shape index (κ1) is 21.2. The Morgan fingerprint density at radius 1 is 1.29 bits per heavy atom. The van der Waals surface area contributed by atoms with Crippen molar-refractivity contribution in [2.45, 2.75) is 51.7 Å². The van der Waals surface area contributed by atoms with Crippen molar-refractivity contribution in [3.05, 3.63) is 65.9 Å². The summed E-state index contributed by atoms with van der Waals surface area (Å²) in [6.45, 7) is 12.0. The molecule has 1 fully saturated rings. The predicted molar refractivity (Wildman–Crippen MR) is 124 cm³/mol. The molecule has 1 saturated heterocycles. The number of hydrogen-bond donors (Lipinski definition) is 1. The Hall–Kier alpha value is -2.99. The molecule has 2 aliphatic heterocycles. The Kier molecular flexibility index (Phi) is 5.92. The number of benzene rings is 1. The number of nitrogens with zero attached hydrogens (tertiary/aromatic N) is 3. The molecule has 0 bridgehead atoms. The van der Waals surface area contributed by atoms with Gasteiger partial charge in [-0.05, 0) is 56.8 Å². The number of aromatic nitrogens is 1. The standard InChI is InChI=1S/C25H30N4O2/c1-5-18-8-6-15-27-24(18)29(21-9-7-14-26-16-21)17(2)19-10-12-20(13-11-19)22-23(30)25(3,4)31-28-22/h6,8,10-13,15,21,26H,2,5,7,9,14,16H2,1,3-4H3/t21-/m1/s1. The molecule has 1 aromatic heterocycles. The van der Waals surface area contributed by atoms with Crippen LogP contribution in [0.3, 0.4) is 0 Å². The quantitative estimate of drug-likeness (QED) is 0.769. The molecule has 2 aromatic rings. The van der Waals surface area contributed by atoms with Gasteiger partial charge in [0.15, 0.2) is 11.3 Å². The Morgan fingerprint density at radius 3 is 2.68 bits per heavy atom. The lowest BCUT2D eigenvalue weighted by atomic mass is 9.95. The molecular weight excluding hydrogens is 388 g/mol. The molecular formula is C25H30N4O2. The van der Waals surface area contributed by atoms with Gasteiger partial charge in [-0.2, -0.15) is 0 Å². The Balaban J connectivity index is 1.65. The number of ketones is 1. The van der Waals surface area contributed by atoms with Crippen LogP contribution in [0.15, 0.2) is 54.3 Å². The summed E-state index contributed by atoms with van der Waals surface area (Å²) in [7, 11) is 0. The van der Waals surface area contributed by atoms with E-state index in [0.29, 0.717) is 5.71 Å². The predicted octanol–water partition coefficient (Wildman–Crippen LogP) is 3.96. The number of rotatable bonds is 6. The average molecular weight is 419 g/mol. The molecule has 162 valence electrons. The Morgan fingerprint density at radius 2 is 2.06 bits per heavy atom. The summed E-state index contributed by atoms with van der Waals surface area (Å²) in [5, 5.41) is 7.52. The van der Waals surface area contributed by atoms with Gasteiger partial charge in [0.2, 0.25) is 5.78 Å². The van der Waals surface area contributed by atoms with Crippen LogP contribution >= 0.6 is 0 Å². The SMILES string of the molecule is C=C(c1ccc(C2=NOC(C)(C)C2=O)cc1)N(c1ncccc1CC)[C@@H]1CCCNC1. The van der Waals surface area contributed by atoms with E-state index < -0.39 is 5.60 Å². The summed E-state index contributed by atoms with van der Waals surface area (Å²) >= 11 is 0. The third kappa shape index (κ3) is 4.12. The molecule has 6 heteroatoms. The number of hydrogen-bond acceptors (Lipinski definition) is 6. The number of nitrogens with one attached hydrogen (secondary N) is 1. The molecule has 0 aliphatic carbocycles. The molecule has 0 unspecified atom stereocenters. The van der Waals surface area contributed by atoms with Crippen LogP contribution < -0.4 is 10.2 Å². The lowest BCUT2D eigenvalue weighted by Crippen LogP contribution is -2.45. The van der Waals surface area contributed by atoms with Gasteiger partial charge in [0.05, 0.1) is 0 Å². The number of Topliss-reactive ketones (excluding diaryl/α,β-unsaturated/α-hetero) is 1. The Bertz CT molecular complexity index is 1000. The van der Waals surface area contributed by atoms with Crippen LogP contribution in [0, 0.1) is 0 Å². The van der Waals surface area contributed by atoms with E-state index in [1.54, 1.807) is 13.8 Å². The minimum absolute atomic E-state index is 0.102. The van der Waals surface area contributed by atoms with E-state index in [1.165, 1.54) is 5.56 Å². The van der Waals surface area contributed by atoms with Crippen molar-refractivity contribution in [3.63, 3.8) is 0 Å². The minimum atomic E-state index is -0.905. The summed E-state index contributed by atoms with van der Waals surface area (Å²) < 4.78 is 0. The highest BCUT2D eigenvalue weighted by Gasteiger charge is 2.40. The second-order valence-corrected chi connectivity index (χ2v) is 8.60. The lowest BCUT2D eigenvalue weighted by molar-refractivity contribution is -0.128. The van der Waals surface area contributed by atoms with Gasteiger partial charge >= 0.3 is 0 Å². The first-order chi connectivity index (χ1) is 14.9. The van der Waals surface area contributed by atoms with Crippen molar-refractivity contribution in [1.29, 1.82) is 0 Å². The summed E-state index contributed by atoms with van der Waals surface area (Å²) in [5.74, 6) is 0.869. The zero-order valence-corrected chi connectivity index (χ0v) is 18.5. The highest BCUT2D eigenvalue weighted by molar-refractivity contribution is 6.49. The topological polar surface area (TPSA) is 66.8 Å². The number of piperidine rings is 1. The van der Waals surface area contributed by atoms with Crippen LogP contribution in [-0.2, 0) is 16.1 Å². The van der Waals surface area contributed by atoms with Gasteiger partial charge in [0.1, 0.15) is 5.82 Å². The molecule has 3 heterocycles. The van der Waals surface area contributed by atoms with Crippen LogP contribution in [0.25, 0.3) is 5.70 Å². The fourth-order valence-electron chi connectivity index (χ4n) is 4.17. The van der Waals surface area contributed by atoms with Gasteiger partial charge in [-0.3, -0.25) is 4.79 Å². The zero-order chi connectivity index (χ0) is 22.0. The summed E-state index contributed by atoms with van der Waals surface area (Å²) in [4.78, 5) is 24.8. The van der Waals surface area contributed by atoms with E-state index in [4.69, 9.17) is 9.82 Å². The second-order valence-electron chi connectivity index (χ2n) is 8.60. The fraction of sp³-hybridized carbons (Fsp3) is 0.400. The van der Waals surface area contributed by atoms with Gasteiger partial charge < -0.3 is 15.1 Å². The third-order valence-corrected chi connectivity index (χ3v) is 6.02. The van der Waals surface area contributed by atoms with E-state index in [-0.39, 0.29) is 11.8 Å². The first-order valence-electron chi connectivity index (χ1n) is 11.0. The van der Waals surface area contributed by atoms with Crippen molar-refractivity contribution < 1.29 is 9.63 Å². The van der Waals surface area contributed by atoms with E-state index in [9.17, 15) is 4.79 Å². The summed E-state index contributed by atoms with van der Waals surface area (Å²) in [6, 6.07) is 12.2. The van der Waals surface area contributed by atoms with Gasteiger partial charge in [-0.15, -0.1) is 0 Å². The molecule has 31 heavy (non-hydrogen) atoms. The van der Waals surface area contributed by atoms with Gasteiger partial charge in [-0.1, -0.05) is 49.0 Å². The molecule has 0 amide bonds. The van der Waals surface area contributed by atoms with Crippen molar-refractivity contribution in [1.82, 2.24) is 10.3 Å². The summed E-state index contributed by atoms with van der Waals surface area (Å²) in [6.07, 6.45) is 4.96. The monoisotopic (exact) mass is 418 g/mol. The van der Waals surface area contributed by atoms with E-state index >= 15 is 0 Å². The Labute approximate surface area is 184 Å². The highest BCUT2D eigenvalue weighted by Crippen LogP contribution is 2.32. The molecule has 1 N–H and O–H groups in total. The second kappa shape index (κ2) is 8.63. The first-order valence-corrected chi connectivity index (χ1v) is 11.0. The molecule has 4 rings (SSSR count). The van der Waals surface area contributed by atoms with E-state index in [1.807, 2.05) is 36.5 Å². The van der Waals surface area contributed by atoms with Gasteiger partial charge in [-0.25, -0.2) is 4.98 Å². The molecule has 6 nitrogen and oxygen atoms in total. The zero-order valence-electron chi connectivity index (χ0n) is 18.5. The maximum Gasteiger partial charge on any atom is 0.230 e. The molecule has 1 atom stereocenters. The number of anilines is 1. The number of aryl methyl sites for hydroxylation is 1. The number of pyridine rings is 1. The van der Waals surface area contributed by atoms with Crippen molar-refractivity contribution in [2.75, 3.05) is 18.0 Å². The maximum atomic E-state index is 12.5. The fourth-order valence-corrected chi connectivity index (χ4v) is 4.17. The average Bonchev–Trinajstić information content (AvgIpc) is 3.07. The highest BCUT2D eigenvalue weighted by atomic mass is 16.7. The van der Waals surface area contributed by atoms with Gasteiger partial charge in [0, 0.05) is 30.0 Å². The molecule has 0 spiro atoms. The van der Waals surface area contributed by atoms with Crippen molar-refractivity contribution in [3.8, 4) is 0 Å². The van der Waals surface area contributed by atoms with Crippen LogP contribution in [0.1, 0.15) is 50.3 Å². The normalized spacial score (nSPS) is 20.2. The minimum Gasteiger partial charge on any atom is -0.381 e. The van der Waals surface area contributed by atoms with E-state index in [0.717, 1.165) is 55.0 Å².